The van der Waals surface area contributed by atoms with E-state index in [1.165, 1.54) is 13.2 Å². The van der Waals surface area contributed by atoms with E-state index in [2.05, 4.69) is 10.5 Å². The number of ether oxygens (including phenoxy) is 1. The molecule has 2 rings (SSSR count). The summed E-state index contributed by atoms with van der Waals surface area (Å²) in [6.07, 6.45) is -4.46. The van der Waals surface area contributed by atoms with Gasteiger partial charge < -0.3 is 9.84 Å². The molecule has 25 heavy (non-hydrogen) atoms. The summed E-state index contributed by atoms with van der Waals surface area (Å²) in [6.45, 7) is 1.56. The van der Waals surface area contributed by atoms with Crippen LogP contribution >= 0.6 is 0 Å². The van der Waals surface area contributed by atoms with Gasteiger partial charge in [-0.15, -0.1) is 0 Å². The number of hydrogen-bond donors (Lipinski definition) is 2. The summed E-state index contributed by atoms with van der Waals surface area (Å²) in [6, 6.07) is 8.35. The number of methoxy groups -OCH3 is 1. The van der Waals surface area contributed by atoms with Crippen molar-refractivity contribution in [3.05, 3.63) is 59.2 Å². The van der Waals surface area contributed by atoms with Crippen LogP contribution in [-0.2, 0) is 6.18 Å². The highest BCUT2D eigenvalue weighted by Gasteiger charge is 2.30. The summed E-state index contributed by atoms with van der Waals surface area (Å²) in [5, 5.41) is 13.8. The predicted octanol–water partition coefficient (Wildman–Crippen LogP) is 3.57. The van der Waals surface area contributed by atoms with E-state index in [0.29, 0.717) is 17.0 Å². The highest BCUT2D eigenvalue weighted by molar-refractivity contribution is 6.02. The first kappa shape index (κ1) is 18.3. The maximum atomic E-state index is 12.5. The lowest BCUT2D eigenvalue weighted by Crippen LogP contribution is -2.19. The van der Waals surface area contributed by atoms with Crippen LogP contribution in [-0.4, -0.2) is 23.8 Å². The van der Waals surface area contributed by atoms with Crippen LogP contribution in [0, 0.1) is 0 Å². The van der Waals surface area contributed by atoms with Gasteiger partial charge in [0.15, 0.2) is 0 Å². The summed E-state index contributed by atoms with van der Waals surface area (Å²) in [5.74, 6) is -0.284. The number of carbonyl (C=O) groups is 1. The number of carbonyl (C=O) groups excluding carboxylic acids is 1. The van der Waals surface area contributed by atoms with Crippen LogP contribution in [0.25, 0.3) is 0 Å². The topological polar surface area (TPSA) is 70.9 Å². The number of aromatic hydroxyl groups is 1. The van der Waals surface area contributed by atoms with Crippen molar-refractivity contribution in [3.8, 4) is 11.5 Å². The summed E-state index contributed by atoms with van der Waals surface area (Å²) < 4.78 is 42.5. The van der Waals surface area contributed by atoms with E-state index < -0.39 is 17.6 Å². The second kappa shape index (κ2) is 7.25. The molecule has 0 aliphatic heterocycles. The Morgan fingerprint density at radius 1 is 1.16 bits per heavy atom. The molecule has 0 unspecified atom stereocenters. The summed E-state index contributed by atoms with van der Waals surface area (Å²) in [4.78, 5) is 11.9. The Bertz CT molecular complexity index is 800. The number of nitrogens with one attached hydrogen (secondary N) is 1. The molecule has 0 fully saturated rings. The zero-order chi connectivity index (χ0) is 18.6. The average molecular weight is 352 g/mol. The van der Waals surface area contributed by atoms with Crippen molar-refractivity contribution in [1.82, 2.24) is 5.43 Å². The van der Waals surface area contributed by atoms with Gasteiger partial charge in [-0.25, -0.2) is 5.43 Å². The average Bonchev–Trinajstić information content (AvgIpc) is 2.58. The van der Waals surface area contributed by atoms with Gasteiger partial charge in [-0.1, -0.05) is 0 Å². The second-order valence-corrected chi connectivity index (χ2v) is 5.10. The fourth-order valence-corrected chi connectivity index (χ4v) is 2.01. The van der Waals surface area contributed by atoms with E-state index in [0.717, 1.165) is 24.3 Å². The van der Waals surface area contributed by atoms with Gasteiger partial charge in [0.25, 0.3) is 5.91 Å². The molecule has 0 radical (unpaired) electrons. The molecule has 2 aromatic rings. The molecule has 2 aromatic carbocycles. The Morgan fingerprint density at radius 2 is 1.80 bits per heavy atom. The van der Waals surface area contributed by atoms with Crippen LogP contribution in [0.5, 0.6) is 11.5 Å². The van der Waals surface area contributed by atoms with Crippen molar-refractivity contribution in [3.63, 3.8) is 0 Å². The number of benzene rings is 2. The Labute approximate surface area is 141 Å². The molecule has 0 aliphatic rings. The van der Waals surface area contributed by atoms with E-state index >= 15 is 0 Å². The summed E-state index contributed by atoms with van der Waals surface area (Å²) in [5.41, 5.74) is 2.13. The number of halogens is 3. The molecule has 5 nitrogen and oxygen atoms in total. The maximum absolute atomic E-state index is 12.5. The number of nitrogens with zero attached hydrogens (tertiary/aromatic N) is 1. The number of hydrazone groups is 1. The predicted molar refractivity (Wildman–Crippen MR) is 85.8 cm³/mol. The third-order valence-corrected chi connectivity index (χ3v) is 3.39. The van der Waals surface area contributed by atoms with E-state index in [1.54, 1.807) is 19.1 Å². The number of alkyl halides is 3. The van der Waals surface area contributed by atoms with Crippen molar-refractivity contribution < 1.29 is 27.8 Å². The van der Waals surface area contributed by atoms with Gasteiger partial charge in [0, 0.05) is 17.2 Å². The smallest absolute Gasteiger partial charge is 0.416 e. The first-order chi connectivity index (χ1) is 11.7. The molecule has 0 aliphatic carbocycles. The maximum Gasteiger partial charge on any atom is 0.416 e. The summed E-state index contributed by atoms with van der Waals surface area (Å²) >= 11 is 0. The standard InChI is InChI=1S/C17H15F3N2O3/c1-10(14-8-7-13(25-2)9-15(14)23)21-22-16(24)11-3-5-12(6-4-11)17(18,19)20/h3-9,23H,1-2H3,(H,22,24)/b21-10+. The molecule has 0 saturated heterocycles. The van der Waals surface area contributed by atoms with E-state index in [1.807, 2.05) is 0 Å². The van der Waals surface area contributed by atoms with Gasteiger partial charge in [-0.05, 0) is 43.3 Å². The third-order valence-electron chi connectivity index (χ3n) is 3.39. The van der Waals surface area contributed by atoms with Crippen molar-refractivity contribution in [2.45, 2.75) is 13.1 Å². The highest BCUT2D eigenvalue weighted by atomic mass is 19.4. The third kappa shape index (κ3) is 4.50. The van der Waals surface area contributed by atoms with Crippen LogP contribution in [0.15, 0.2) is 47.6 Å². The Hall–Kier alpha value is -3.03. The van der Waals surface area contributed by atoms with Gasteiger partial charge in [0.05, 0.1) is 18.4 Å². The lowest BCUT2D eigenvalue weighted by molar-refractivity contribution is -0.137. The van der Waals surface area contributed by atoms with Crippen molar-refractivity contribution in [2.75, 3.05) is 7.11 Å². The molecule has 1 amide bonds. The normalized spacial score (nSPS) is 12.0. The SMILES string of the molecule is COc1ccc(/C(C)=N/NC(=O)c2ccc(C(F)(F)F)cc2)c(O)c1. The van der Waals surface area contributed by atoms with Gasteiger partial charge in [-0.3, -0.25) is 4.79 Å². The first-order valence-corrected chi connectivity index (χ1v) is 7.11. The van der Waals surface area contributed by atoms with Gasteiger partial charge in [-0.2, -0.15) is 18.3 Å². The molecule has 0 bridgehead atoms. The zero-order valence-corrected chi connectivity index (χ0v) is 13.4. The molecular weight excluding hydrogens is 337 g/mol. The van der Waals surface area contributed by atoms with Crippen molar-refractivity contribution in [2.24, 2.45) is 5.10 Å². The number of phenols is 1. The Morgan fingerprint density at radius 3 is 2.32 bits per heavy atom. The Balaban J connectivity index is 2.11. The Kier molecular flexibility index (Phi) is 5.31. The lowest BCUT2D eigenvalue weighted by atomic mass is 10.1. The second-order valence-electron chi connectivity index (χ2n) is 5.10. The largest absolute Gasteiger partial charge is 0.507 e. The van der Waals surface area contributed by atoms with Crippen LogP contribution in [0.1, 0.15) is 28.4 Å². The number of phenolic OH excluding ortho intramolecular Hbond substituents is 1. The fraction of sp³-hybridized carbons (Fsp3) is 0.176. The van der Waals surface area contributed by atoms with Gasteiger partial charge in [0.1, 0.15) is 11.5 Å². The molecule has 0 saturated carbocycles. The first-order valence-electron chi connectivity index (χ1n) is 7.11. The van der Waals surface area contributed by atoms with E-state index in [9.17, 15) is 23.1 Å². The molecule has 0 heterocycles. The monoisotopic (exact) mass is 352 g/mol. The fourth-order valence-electron chi connectivity index (χ4n) is 2.01. The molecule has 132 valence electrons. The molecule has 8 heteroatoms. The highest BCUT2D eigenvalue weighted by Crippen LogP contribution is 2.29. The minimum absolute atomic E-state index is 0.0310. The van der Waals surface area contributed by atoms with Crippen LogP contribution in [0.2, 0.25) is 0 Å². The minimum atomic E-state index is -4.46. The van der Waals surface area contributed by atoms with Crippen LogP contribution < -0.4 is 10.2 Å². The van der Waals surface area contributed by atoms with Gasteiger partial charge in [0.2, 0.25) is 0 Å². The van der Waals surface area contributed by atoms with Gasteiger partial charge >= 0.3 is 6.18 Å². The van der Waals surface area contributed by atoms with E-state index in [4.69, 9.17) is 4.74 Å². The molecule has 0 aromatic heterocycles. The molecule has 2 N–H and O–H groups in total. The number of amides is 1. The summed E-state index contributed by atoms with van der Waals surface area (Å²) in [7, 11) is 1.46. The molecule has 0 spiro atoms. The lowest BCUT2D eigenvalue weighted by Gasteiger charge is -2.08. The minimum Gasteiger partial charge on any atom is -0.507 e. The van der Waals surface area contributed by atoms with Crippen molar-refractivity contribution >= 4 is 11.6 Å². The zero-order valence-electron chi connectivity index (χ0n) is 13.4. The van der Waals surface area contributed by atoms with Crippen LogP contribution in [0.4, 0.5) is 13.2 Å². The molecule has 0 atom stereocenters. The number of hydrogen-bond acceptors (Lipinski definition) is 4. The molecular formula is C17H15F3N2O3. The number of rotatable bonds is 4. The quantitative estimate of drug-likeness (QED) is 0.653. The van der Waals surface area contributed by atoms with E-state index in [-0.39, 0.29) is 11.3 Å². The van der Waals surface area contributed by atoms with Crippen molar-refractivity contribution in [1.29, 1.82) is 0 Å². The van der Waals surface area contributed by atoms with Crippen LogP contribution in [0.3, 0.4) is 0 Å².